The van der Waals surface area contributed by atoms with Crippen LogP contribution in [0.1, 0.15) is 12.5 Å². The van der Waals surface area contributed by atoms with Gasteiger partial charge in [0.25, 0.3) is 0 Å². The van der Waals surface area contributed by atoms with Gasteiger partial charge in [-0.3, -0.25) is 0 Å². The van der Waals surface area contributed by atoms with Crippen molar-refractivity contribution in [3.05, 3.63) is 76.2 Å². The zero-order valence-electron chi connectivity index (χ0n) is 9.77. The molecule has 2 aromatic rings. The second kappa shape index (κ2) is 4.06. The molecule has 0 heterocycles. The molecule has 3 rings (SSSR count). The molecular weight excluding hydrogens is 204 g/mol. The first-order valence-corrected chi connectivity index (χ1v) is 5.82. The largest absolute Gasteiger partial charge is 0.0622 e. The number of hydrogen-bond acceptors (Lipinski definition) is 0. The average molecular weight is 217 g/mol. The summed E-state index contributed by atoms with van der Waals surface area (Å²) in [6.45, 7) is 2.15. The third-order valence-electron chi connectivity index (χ3n) is 3.14. The van der Waals surface area contributed by atoms with E-state index in [4.69, 9.17) is 0 Å². The number of allylic oxidation sites excluding steroid dienone is 2. The van der Waals surface area contributed by atoms with E-state index in [0.29, 0.717) is 0 Å². The lowest BCUT2D eigenvalue weighted by Crippen LogP contribution is -2.19. The standard InChI is InChI=1S/C17H13/c1-13(14-7-3-2-4-8-14)17-11-15-9-5-6-10-16(15)12-17/h2-11H,1H3. The summed E-state index contributed by atoms with van der Waals surface area (Å²) >= 11 is 0. The Bertz CT molecular complexity index is 651. The molecule has 17 heavy (non-hydrogen) atoms. The van der Waals surface area contributed by atoms with Crippen LogP contribution in [0.5, 0.6) is 0 Å². The lowest BCUT2D eigenvalue weighted by molar-refractivity contribution is 1.55. The number of rotatable bonds is 1. The molecule has 1 aliphatic carbocycles. The van der Waals surface area contributed by atoms with Gasteiger partial charge in [-0.1, -0.05) is 54.6 Å². The molecular formula is C17H13. The van der Waals surface area contributed by atoms with Crippen LogP contribution in [-0.2, 0) is 0 Å². The van der Waals surface area contributed by atoms with Crippen LogP contribution in [0.25, 0.3) is 17.7 Å². The summed E-state index contributed by atoms with van der Waals surface area (Å²) < 4.78 is 0. The zero-order valence-corrected chi connectivity index (χ0v) is 9.77. The van der Waals surface area contributed by atoms with Crippen LogP contribution >= 0.6 is 0 Å². The quantitative estimate of drug-likeness (QED) is 0.689. The van der Waals surface area contributed by atoms with Crippen molar-refractivity contribution in [3.63, 3.8) is 0 Å². The maximum Gasteiger partial charge on any atom is -0.00174 e. The van der Waals surface area contributed by atoms with Crippen molar-refractivity contribution in [1.82, 2.24) is 0 Å². The molecule has 0 atom stereocenters. The Hall–Kier alpha value is -2.08. The van der Waals surface area contributed by atoms with Gasteiger partial charge in [-0.05, 0) is 46.2 Å². The van der Waals surface area contributed by atoms with Gasteiger partial charge in [0.05, 0.1) is 0 Å². The van der Waals surface area contributed by atoms with E-state index in [0.717, 1.165) is 0 Å². The molecule has 0 spiro atoms. The van der Waals surface area contributed by atoms with Crippen molar-refractivity contribution in [2.75, 3.05) is 0 Å². The molecule has 0 bridgehead atoms. The van der Waals surface area contributed by atoms with Gasteiger partial charge in [0.2, 0.25) is 0 Å². The van der Waals surface area contributed by atoms with Gasteiger partial charge in [0.1, 0.15) is 0 Å². The first-order chi connectivity index (χ1) is 8.34. The molecule has 1 radical (unpaired) electrons. The van der Waals surface area contributed by atoms with Crippen LogP contribution in [0.4, 0.5) is 0 Å². The van der Waals surface area contributed by atoms with Crippen molar-refractivity contribution >= 4 is 17.7 Å². The molecule has 0 unspecified atom stereocenters. The van der Waals surface area contributed by atoms with E-state index in [2.05, 4.69) is 67.6 Å². The minimum Gasteiger partial charge on any atom is -0.0622 e. The summed E-state index contributed by atoms with van der Waals surface area (Å²) in [5.74, 6) is 0. The Morgan fingerprint density at radius 1 is 0.882 bits per heavy atom. The highest BCUT2D eigenvalue weighted by molar-refractivity contribution is 5.87. The highest BCUT2D eigenvalue weighted by atomic mass is 14.1. The number of hydrogen-bond donors (Lipinski definition) is 0. The molecule has 0 nitrogen and oxygen atoms in total. The van der Waals surface area contributed by atoms with Gasteiger partial charge in [-0.15, -0.1) is 0 Å². The fourth-order valence-electron chi connectivity index (χ4n) is 2.12. The molecule has 0 saturated carbocycles. The summed E-state index contributed by atoms with van der Waals surface area (Å²) in [6, 6.07) is 18.8. The zero-order chi connectivity index (χ0) is 11.7. The van der Waals surface area contributed by atoms with Gasteiger partial charge in [0.15, 0.2) is 0 Å². The highest BCUT2D eigenvalue weighted by Crippen LogP contribution is 2.20. The first-order valence-electron chi connectivity index (χ1n) is 5.82. The maximum atomic E-state index is 3.46. The number of fused-ring (bicyclic) bond motifs is 1. The van der Waals surface area contributed by atoms with Crippen molar-refractivity contribution in [2.24, 2.45) is 0 Å². The van der Waals surface area contributed by atoms with E-state index in [-0.39, 0.29) is 0 Å². The fourth-order valence-corrected chi connectivity index (χ4v) is 2.12. The fraction of sp³-hybridized carbons (Fsp3) is 0.0588. The Balaban J connectivity index is 2.17. The summed E-state index contributed by atoms with van der Waals surface area (Å²) in [6.07, 6.45) is 5.66. The molecule has 0 fully saturated rings. The Morgan fingerprint density at radius 3 is 2.35 bits per heavy atom. The van der Waals surface area contributed by atoms with Crippen LogP contribution in [0.2, 0.25) is 0 Å². The Kier molecular flexibility index (Phi) is 2.41. The van der Waals surface area contributed by atoms with Crippen molar-refractivity contribution < 1.29 is 0 Å². The van der Waals surface area contributed by atoms with E-state index in [9.17, 15) is 0 Å². The molecule has 2 aromatic carbocycles. The molecule has 81 valence electrons. The van der Waals surface area contributed by atoms with Crippen molar-refractivity contribution in [3.8, 4) is 0 Å². The van der Waals surface area contributed by atoms with Gasteiger partial charge in [-0.25, -0.2) is 0 Å². The lowest BCUT2D eigenvalue weighted by atomic mass is 10.0. The maximum absolute atomic E-state index is 3.46. The van der Waals surface area contributed by atoms with E-state index in [1.54, 1.807) is 0 Å². The minimum absolute atomic E-state index is 1.19. The Morgan fingerprint density at radius 2 is 1.59 bits per heavy atom. The van der Waals surface area contributed by atoms with Gasteiger partial charge >= 0.3 is 0 Å². The van der Waals surface area contributed by atoms with E-state index >= 15 is 0 Å². The molecule has 0 amide bonds. The Labute approximate surface area is 101 Å². The van der Waals surface area contributed by atoms with Crippen LogP contribution in [0, 0.1) is 0 Å². The molecule has 0 N–H and O–H groups in total. The van der Waals surface area contributed by atoms with Crippen LogP contribution in [-0.4, -0.2) is 0 Å². The molecule has 0 aliphatic heterocycles. The first kappa shape index (κ1) is 10.1. The summed E-state index contributed by atoms with van der Waals surface area (Å²) in [7, 11) is 0. The van der Waals surface area contributed by atoms with Gasteiger partial charge in [0, 0.05) is 0 Å². The highest BCUT2D eigenvalue weighted by Gasteiger charge is 2.04. The van der Waals surface area contributed by atoms with Crippen LogP contribution in [0.15, 0.2) is 60.2 Å². The predicted octanol–water partition coefficient (Wildman–Crippen LogP) is 2.61. The molecule has 1 aliphatic rings. The second-order valence-corrected chi connectivity index (χ2v) is 4.26. The second-order valence-electron chi connectivity index (χ2n) is 4.26. The predicted molar refractivity (Wildman–Crippen MR) is 72.6 cm³/mol. The van der Waals surface area contributed by atoms with Crippen molar-refractivity contribution in [1.29, 1.82) is 0 Å². The summed E-state index contributed by atoms with van der Waals surface area (Å²) in [4.78, 5) is 0. The normalized spacial score (nSPS) is 15.8. The SMILES string of the molecule is CC(=C1[C]=c2ccccc2=C1)c1ccccc1. The summed E-state index contributed by atoms with van der Waals surface area (Å²) in [5, 5.41) is 2.45. The van der Waals surface area contributed by atoms with Crippen LogP contribution in [0.3, 0.4) is 0 Å². The molecule has 0 aromatic heterocycles. The molecule has 0 heteroatoms. The lowest BCUT2D eigenvalue weighted by Gasteiger charge is -2.02. The summed E-state index contributed by atoms with van der Waals surface area (Å²) in [5.41, 5.74) is 3.73. The third kappa shape index (κ3) is 1.83. The minimum atomic E-state index is 1.19. The van der Waals surface area contributed by atoms with Crippen molar-refractivity contribution in [2.45, 2.75) is 6.92 Å². The van der Waals surface area contributed by atoms with E-state index in [1.807, 2.05) is 6.07 Å². The van der Waals surface area contributed by atoms with E-state index < -0.39 is 0 Å². The molecule has 0 saturated heterocycles. The monoisotopic (exact) mass is 217 g/mol. The average Bonchev–Trinajstić information content (AvgIpc) is 2.82. The van der Waals surface area contributed by atoms with Gasteiger partial charge in [-0.2, -0.15) is 0 Å². The smallest absolute Gasteiger partial charge is 0.00174 e. The van der Waals surface area contributed by atoms with Gasteiger partial charge < -0.3 is 0 Å². The number of benzene rings is 2. The van der Waals surface area contributed by atoms with Crippen LogP contribution < -0.4 is 10.4 Å². The van der Waals surface area contributed by atoms with E-state index in [1.165, 1.54) is 27.1 Å². The third-order valence-corrected chi connectivity index (χ3v) is 3.14. The topological polar surface area (TPSA) is 0 Å².